The second kappa shape index (κ2) is 6.91. The van der Waals surface area contributed by atoms with E-state index in [4.69, 9.17) is 0 Å². The average Bonchev–Trinajstić information content (AvgIpc) is 2.40. The molecule has 0 amide bonds. The van der Waals surface area contributed by atoms with Crippen LogP contribution in [-0.4, -0.2) is 36.6 Å². The van der Waals surface area contributed by atoms with Crippen LogP contribution in [0.5, 0.6) is 0 Å². The van der Waals surface area contributed by atoms with Gasteiger partial charge in [0.15, 0.2) is 0 Å². The lowest BCUT2D eigenvalue weighted by atomic mass is 9.78. The highest BCUT2D eigenvalue weighted by atomic mass is 15.2. The first-order valence-corrected chi connectivity index (χ1v) is 8.18. The van der Waals surface area contributed by atoms with Gasteiger partial charge in [-0.05, 0) is 57.0 Å². The van der Waals surface area contributed by atoms with Crippen LogP contribution in [0.1, 0.15) is 59.3 Å². The molecule has 0 spiro atoms. The summed E-state index contributed by atoms with van der Waals surface area (Å²) in [6.07, 6.45) is 8.38. The maximum Gasteiger partial charge on any atom is 0.0224 e. The van der Waals surface area contributed by atoms with Gasteiger partial charge in [-0.2, -0.15) is 0 Å². The number of piperidine rings is 1. The zero-order valence-electron chi connectivity index (χ0n) is 12.6. The molecule has 2 rings (SSSR count). The van der Waals surface area contributed by atoms with E-state index >= 15 is 0 Å². The molecule has 2 heteroatoms. The number of nitrogens with one attached hydrogen (secondary N) is 1. The molecule has 2 aliphatic rings. The van der Waals surface area contributed by atoms with Crippen LogP contribution in [0.15, 0.2) is 0 Å². The molecule has 106 valence electrons. The van der Waals surface area contributed by atoms with Crippen molar-refractivity contribution in [3.63, 3.8) is 0 Å². The molecule has 1 saturated carbocycles. The molecular formula is C16H32N2. The van der Waals surface area contributed by atoms with E-state index in [9.17, 15) is 0 Å². The summed E-state index contributed by atoms with van der Waals surface area (Å²) in [5, 5.41) is 3.60. The van der Waals surface area contributed by atoms with E-state index in [1.165, 1.54) is 58.2 Å². The number of hydrogen-bond acceptors (Lipinski definition) is 2. The van der Waals surface area contributed by atoms with Crippen molar-refractivity contribution in [3.05, 3.63) is 0 Å². The molecule has 0 bridgehead atoms. The molecular weight excluding hydrogens is 220 g/mol. The van der Waals surface area contributed by atoms with E-state index in [0.29, 0.717) is 0 Å². The third-order valence-electron chi connectivity index (χ3n) is 5.06. The van der Waals surface area contributed by atoms with E-state index in [2.05, 4.69) is 31.0 Å². The van der Waals surface area contributed by atoms with Crippen LogP contribution in [0.4, 0.5) is 0 Å². The predicted molar refractivity (Wildman–Crippen MR) is 78.9 cm³/mol. The van der Waals surface area contributed by atoms with Crippen LogP contribution >= 0.6 is 0 Å². The summed E-state index contributed by atoms with van der Waals surface area (Å²) in [6, 6.07) is 1.65. The van der Waals surface area contributed by atoms with Crippen molar-refractivity contribution in [2.24, 2.45) is 11.8 Å². The van der Waals surface area contributed by atoms with Gasteiger partial charge < -0.3 is 5.32 Å². The Labute approximate surface area is 114 Å². The van der Waals surface area contributed by atoms with Crippen LogP contribution in [0.25, 0.3) is 0 Å². The topological polar surface area (TPSA) is 15.3 Å². The Morgan fingerprint density at radius 1 is 1.17 bits per heavy atom. The van der Waals surface area contributed by atoms with Crippen molar-refractivity contribution in [1.82, 2.24) is 10.2 Å². The van der Waals surface area contributed by atoms with Crippen LogP contribution in [0, 0.1) is 11.8 Å². The summed E-state index contributed by atoms with van der Waals surface area (Å²) in [7, 11) is 0. The fourth-order valence-corrected chi connectivity index (χ4v) is 3.96. The highest BCUT2D eigenvalue weighted by molar-refractivity contribution is 4.89. The van der Waals surface area contributed by atoms with Gasteiger partial charge in [0.1, 0.15) is 0 Å². The predicted octanol–water partition coefficient (Wildman–Crippen LogP) is 3.28. The normalized spacial score (nSPS) is 38.0. The molecule has 0 aromatic rings. The second-order valence-electron chi connectivity index (χ2n) is 6.70. The second-order valence-corrected chi connectivity index (χ2v) is 6.70. The summed E-state index contributed by atoms with van der Waals surface area (Å²) in [4.78, 5) is 2.87. The number of rotatable bonds is 4. The number of nitrogens with zero attached hydrogens (tertiary/aromatic N) is 1. The van der Waals surface area contributed by atoms with Crippen molar-refractivity contribution in [1.29, 1.82) is 0 Å². The molecule has 0 radical (unpaired) electrons. The van der Waals surface area contributed by atoms with E-state index in [-0.39, 0.29) is 0 Å². The zero-order valence-corrected chi connectivity index (χ0v) is 12.6. The Morgan fingerprint density at radius 2 is 2.00 bits per heavy atom. The maximum absolute atomic E-state index is 3.60. The average molecular weight is 252 g/mol. The highest BCUT2D eigenvalue weighted by Gasteiger charge is 2.33. The lowest BCUT2D eigenvalue weighted by Gasteiger charge is -2.46. The van der Waals surface area contributed by atoms with Gasteiger partial charge in [-0.15, -0.1) is 0 Å². The van der Waals surface area contributed by atoms with Gasteiger partial charge in [0.2, 0.25) is 0 Å². The SMILES string of the molecule is CCCN(C1CCCNC1)C1CC(C)CCC1C. The zero-order chi connectivity index (χ0) is 13.0. The standard InChI is InChI=1S/C16H32N2/c1-4-10-18(15-6-5-9-17-12-15)16-11-13(2)7-8-14(16)3/h13-17H,4-12H2,1-3H3. The third kappa shape index (κ3) is 3.48. The molecule has 0 aromatic carbocycles. The molecule has 1 aliphatic carbocycles. The van der Waals surface area contributed by atoms with Crippen LogP contribution < -0.4 is 5.32 Å². The molecule has 1 heterocycles. The van der Waals surface area contributed by atoms with Gasteiger partial charge in [0.05, 0.1) is 0 Å². The van der Waals surface area contributed by atoms with E-state index in [0.717, 1.165) is 23.9 Å². The summed E-state index contributed by atoms with van der Waals surface area (Å²) < 4.78 is 0. The van der Waals surface area contributed by atoms with Crippen molar-refractivity contribution in [2.45, 2.75) is 71.4 Å². The Balaban J connectivity index is 2.02. The Morgan fingerprint density at radius 3 is 2.67 bits per heavy atom. The van der Waals surface area contributed by atoms with Gasteiger partial charge in [0.25, 0.3) is 0 Å². The van der Waals surface area contributed by atoms with Crippen molar-refractivity contribution < 1.29 is 0 Å². The Bertz CT molecular complexity index is 235. The lowest BCUT2D eigenvalue weighted by Crippen LogP contribution is -2.53. The summed E-state index contributed by atoms with van der Waals surface area (Å²) >= 11 is 0. The Hall–Kier alpha value is -0.0800. The minimum atomic E-state index is 0.802. The quantitative estimate of drug-likeness (QED) is 0.826. The summed E-state index contributed by atoms with van der Waals surface area (Å²) in [5.41, 5.74) is 0. The largest absolute Gasteiger partial charge is 0.315 e. The van der Waals surface area contributed by atoms with Crippen molar-refractivity contribution >= 4 is 0 Å². The fraction of sp³-hybridized carbons (Fsp3) is 1.00. The molecule has 0 aromatic heterocycles. The number of hydrogen-bond donors (Lipinski definition) is 1. The molecule has 2 fully saturated rings. The van der Waals surface area contributed by atoms with E-state index in [1.807, 2.05) is 0 Å². The maximum atomic E-state index is 3.60. The third-order valence-corrected chi connectivity index (χ3v) is 5.06. The van der Waals surface area contributed by atoms with Gasteiger partial charge in [-0.1, -0.05) is 27.2 Å². The first-order valence-electron chi connectivity index (χ1n) is 8.18. The minimum Gasteiger partial charge on any atom is -0.315 e. The molecule has 18 heavy (non-hydrogen) atoms. The highest BCUT2D eigenvalue weighted by Crippen LogP contribution is 2.33. The van der Waals surface area contributed by atoms with Crippen LogP contribution in [-0.2, 0) is 0 Å². The van der Waals surface area contributed by atoms with E-state index in [1.54, 1.807) is 0 Å². The minimum absolute atomic E-state index is 0.802. The van der Waals surface area contributed by atoms with Gasteiger partial charge in [-0.25, -0.2) is 0 Å². The Kier molecular flexibility index (Phi) is 5.50. The van der Waals surface area contributed by atoms with Crippen molar-refractivity contribution in [2.75, 3.05) is 19.6 Å². The summed E-state index contributed by atoms with van der Waals surface area (Å²) in [5.74, 6) is 1.83. The fourth-order valence-electron chi connectivity index (χ4n) is 3.96. The molecule has 1 aliphatic heterocycles. The van der Waals surface area contributed by atoms with Gasteiger partial charge in [0, 0.05) is 18.6 Å². The first-order chi connectivity index (χ1) is 8.72. The lowest BCUT2D eigenvalue weighted by molar-refractivity contribution is 0.0431. The van der Waals surface area contributed by atoms with Gasteiger partial charge in [-0.3, -0.25) is 4.90 Å². The van der Waals surface area contributed by atoms with Gasteiger partial charge >= 0.3 is 0 Å². The molecule has 2 nitrogen and oxygen atoms in total. The smallest absolute Gasteiger partial charge is 0.0224 e. The summed E-state index contributed by atoms with van der Waals surface area (Å²) in [6.45, 7) is 11.0. The molecule has 1 saturated heterocycles. The van der Waals surface area contributed by atoms with E-state index < -0.39 is 0 Å². The molecule has 4 atom stereocenters. The van der Waals surface area contributed by atoms with Crippen molar-refractivity contribution in [3.8, 4) is 0 Å². The van der Waals surface area contributed by atoms with Crippen LogP contribution in [0.2, 0.25) is 0 Å². The molecule has 1 N–H and O–H groups in total. The molecule has 4 unspecified atom stereocenters. The monoisotopic (exact) mass is 252 g/mol. The van der Waals surface area contributed by atoms with Crippen LogP contribution in [0.3, 0.4) is 0 Å². The first kappa shape index (κ1) is 14.3.